The predicted octanol–water partition coefficient (Wildman–Crippen LogP) is 3.24. The lowest BCUT2D eigenvalue weighted by atomic mass is 10.1. The van der Waals surface area contributed by atoms with E-state index < -0.39 is 0 Å². The zero-order valence-corrected chi connectivity index (χ0v) is 14.5. The van der Waals surface area contributed by atoms with Crippen LogP contribution in [0.4, 0.5) is 4.79 Å². The van der Waals surface area contributed by atoms with Gasteiger partial charge in [-0.25, -0.2) is 4.79 Å². The molecule has 0 aromatic carbocycles. The summed E-state index contributed by atoms with van der Waals surface area (Å²) in [6.07, 6.45) is 7.33. The molecule has 1 aliphatic heterocycles. The summed E-state index contributed by atoms with van der Waals surface area (Å²) in [4.78, 5) is 14.4. The summed E-state index contributed by atoms with van der Waals surface area (Å²) in [6, 6.07) is 2.24. The molecule has 0 saturated carbocycles. The first-order valence-corrected chi connectivity index (χ1v) is 9.46. The number of amides is 2. The van der Waals surface area contributed by atoms with E-state index in [1.165, 1.54) is 44.3 Å². The highest BCUT2D eigenvalue weighted by Crippen LogP contribution is 2.10. The molecule has 0 radical (unpaired) electrons. The van der Waals surface area contributed by atoms with Gasteiger partial charge in [0.05, 0.1) is 0 Å². The number of carbonyl (C=O) groups is 1. The van der Waals surface area contributed by atoms with Crippen LogP contribution in [0, 0.1) is 0 Å². The molecule has 4 nitrogen and oxygen atoms in total. The molecule has 124 valence electrons. The average molecular weight is 324 g/mol. The Morgan fingerprint density at radius 1 is 1.32 bits per heavy atom. The molecule has 1 aromatic heterocycles. The number of nitrogens with one attached hydrogen (secondary N) is 2. The summed E-state index contributed by atoms with van der Waals surface area (Å²) in [5, 5.41) is 10.2. The largest absolute Gasteiger partial charge is 0.338 e. The normalized spacial score (nSPS) is 17.7. The lowest BCUT2D eigenvalue weighted by molar-refractivity contribution is 0.235. The summed E-state index contributed by atoms with van der Waals surface area (Å²) in [6.45, 7) is 6.36. The minimum Gasteiger partial charge on any atom is -0.338 e. The van der Waals surface area contributed by atoms with Crippen molar-refractivity contribution in [1.82, 2.24) is 15.5 Å². The standard InChI is InChI=1S/C17H29N3OS/c1-15(13-16-7-12-22-14-16)19-17(21)18-8-6-11-20-9-4-2-3-5-10-20/h7,12,14-15H,2-6,8-11,13H2,1H3,(H2,18,19,21)/t15-/m1/s1. The van der Waals surface area contributed by atoms with Gasteiger partial charge in [-0.05, 0) is 74.6 Å². The van der Waals surface area contributed by atoms with Gasteiger partial charge >= 0.3 is 6.03 Å². The van der Waals surface area contributed by atoms with Crippen LogP contribution in [0.2, 0.25) is 0 Å². The van der Waals surface area contributed by atoms with Crippen LogP contribution in [-0.4, -0.2) is 43.2 Å². The Kier molecular flexibility index (Phi) is 7.74. The Morgan fingerprint density at radius 3 is 2.77 bits per heavy atom. The molecular formula is C17H29N3OS. The van der Waals surface area contributed by atoms with E-state index in [9.17, 15) is 4.79 Å². The summed E-state index contributed by atoms with van der Waals surface area (Å²) in [5.74, 6) is 0. The Hall–Kier alpha value is -1.07. The summed E-state index contributed by atoms with van der Waals surface area (Å²) < 4.78 is 0. The third-order valence-corrected chi connectivity index (χ3v) is 4.87. The molecule has 1 fully saturated rings. The number of likely N-dealkylation sites (tertiary alicyclic amines) is 1. The molecule has 2 heterocycles. The van der Waals surface area contributed by atoms with Crippen molar-refractivity contribution in [2.45, 2.75) is 51.5 Å². The molecule has 0 spiro atoms. The van der Waals surface area contributed by atoms with Crippen molar-refractivity contribution < 1.29 is 4.79 Å². The zero-order chi connectivity index (χ0) is 15.6. The van der Waals surface area contributed by atoms with Gasteiger partial charge in [0.25, 0.3) is 0 Å². The molecule has 1 saturated heterocycles. The highest BCUT2D eigenvalue weighted by molar-refractivity contribution is 7.07. The van der Waals surface area contributed by atoms with Crippen molar-refractivity contribution in [3.8, 4) is 0 Å². The third-order valence-electron chi connectivity index (χ3n) is 4.13. The van der Waals surface area contributed by atoms with E-state index in [1.54, 1.807) is 11.3 Å². The Bertz CT molecular complexity index is 414. The second kappa shape index (κ2) is 9.85. The van der Waals surface area contributed by atoms with Crippen LogP contribution in [0.1, 0.15) is 44.6 Å². The average Bonchev–Trinajstić information content (AvgIpc) is 2.85. The fraction of sp³-hybridized carbons (Fsp3) is 0.706. The molecule has 2 rings (SSSR count). The Balaban J connectivity index is 1.53. The number of thiophene rings is 1. The van der Waals surface area contributed by atoms with E-state index in [0.717, 1.165) is 25.9 Å². The van der Waals surface area contributed by atoms with Crippen molar-refractivity contribution in [3.05, 3.63) is 22.4 Å². The molecule has 0 aliphatic carbocycles. The van der Waals surface area contributed by atoms with Crippen molar-refractivity contribution in [1.29, 1.82) is 0 Å². The van der Waals surface area contributed by atoms with Crippen molar-refractivity contribution in [2.75, 3.05) is 26.2 Å². The van der Waals surface area contributed by atoms with Crippen LogP contribution < -0.4 is 10.6 Å². The molecule has 1 atom stereocenters. The molecule has 0 bridgehead atoms. The van der Waals surface area contributed by atoms with Crippen LogP contribution in [0.5, 0.6) is 0 Å². The summed E-state index contributed by atoms with van der Waals surface area (Å²) >= 11 is 1.70. The van der Waals surface area contributed by atoms with Gasteiger partial charge in [-0.1, -0.05) is 12.8 Å². The lowest BCUT2D eigenvalue weighted by Gasteiger charge is -2.20. The van der Waals surface area contributed by atoms with Gasteiger partial charge in [0.2, 0.25) is 0 Å². The molecule has 1 aliphatic rings. The van der Waals surface area contributed by atoms with Gasteiger partial charge in [0.15, 0.2) is 0 Å². The van der Waals surface area contributed by atoms with Crippen molar-refractivity contribution >= 4 is 17.4 Å². The highest BCUT2D eigenvalue weighted by atomic mass is 32.1. The highest BCUT2D eigenvalue weighted by Gasteiger charge is 2.10. The van der Waals surface area contributed by atoms with Gasteiger partial charge in [-0.15, -0.1) is 0 Å². The topological polar surface area (TPSA) is 44.4 Å². The Labute approximate surface area is 138 Å². The SMILES string of the molecule is C[C@H](Cc1ccsc1)NC(=O)NCCCN1CCCCCC1. The monoisotopic (exact) mass is 323 g/mol. The maximum atomic E-state index is 11.9. The summed E-state index contributed by atoms with van der Waals surface area (Å²) in [5.41, 5.74) is 1.29. The van der Waals surface area contributed by atoms with E-state index >= 15 is 0 Å². The predicted molar refractivity (Wildman–Crippen MR) is 93.5 cm³/mol. The molecule has 22 heavy (non-hydrogen) atoms. The fourth-order valence-electron chi connectivity index (χ4n) is 2.95. The lowest BCUT2D eigenvalue weighted by Crippen LogP contribution is -2.42. The molecule has 5 heteroatoms. The summed E-state index contributed by atoms with van der Waals surface area (Å²) in [7, 11) is 0. The molecule has 1 aromatic rings. The minimum absolute atomic E-state index is 0.0430. The second-order valence-electron chi connectivity index (χ2n) is 6.25. The maximum absolute atomic E-state index is 11.9. The van der Waals surface area contributed by atoms with Crippen LogP contribution in [-0.2, 0) is 6.42 Å². The quantitative estimate of drug-likeness (QED) is 0.757. The smallest absolute Gasteiger partial charge is 0.315 e. The first kappa shape index (κ1) is 17.3. The minimum atomic E-state index is -0.0430. The fourth-order valence-corrected chi connectivity index (χ4v) is 3.63. The van der Waals surface area contributed by atoms with Crippen LogP contribution in [0.3, 0.4) is 0 Å². The van der Waals surface area contributed by atoms with Gasteiger partial charge in [0.1, 0.15) is 0 Å². The molecule has 2 N–H and O–H groups in total. The van der Waals surface area contributed by atoms with Gasteiger partial charge in [0, 0.05) is 12.6 Å². The number of hydrogen-bond acceptors (Lipinski definition) is 3. The van der Waals surface area contributed by atoms with E-state index in [-0.39, 0.29) is 12.1 Å². The number of rotatable bonds is 7. The maximum Gasteiger partial charge on any atom is 0.315 e. The molecule has 0 unspecified atom stereocenters. The van der Waals surface area contributed by atoms with E-state index in [4.69, 9.17) is 0 Å². The number of carbonyl (C=O) groups excluding carboxylic acids is 1. The van der Waals surface area contributed by atoms with Crippen molar-refractivity contribution in [3.63, 3.8) is 0 Å². The van der Waals surface area contributed by atoms with E-state index in [2.05, 4.69) is 39.3 Å². The third kappa shape index (κ3) is 6.79. The molecular weight excluding hydrogens is 294 g/mol. The first-order valence-electron chi connectivity index (χ1n) is 8.52. The van der Waals surface area contributed by atoms with Crippen molar-refractivity contribution in [2.24, 2.45) is 0 Å². The van der Waals surface area contributed by atoms with E-state index in [0.29, 0.717) is 0 Å². The van der Waals surface area contributed by atoms with Gasteiger partial charge in [-0.2, -0.15) is 11.3 Å². The zero-order valence-electron chi connectivity index (χ0n) is 13.6. The first-order chi connectivity index (χ1) is 10.7. The number of urea groups is 1. The van der Waals surface area contributed by atoms with Gasteiger partial charge < -0.3 is 15.5 Å². The van der Waals surface area contributed by atoms with E-state index in [1.807, 2.05) is 0 Å². The molecule has 2 amide bonds. The second-order valence-corrected chi connectivity index (χ2v) is 7.03. The van der Waals surface area contributed by atoms with Crippen LogP contribution in [0.15, 0.2) is 16.8 Å². The Morgan fingerprint density at radius 2 is 2.09 bits per heavy atom. The number of hydrogen-bond donors (Lipinski definition) is 2. The van der Waals surface area contributed by atoms with Crippen LogP contribution in [0.25, 0.3) is 0 Å². The van der Waals surface area contributed by atoms with Gasteiger partial charge in [-0.3, -0.25) is 0 Å². The van der Waals surface area contributed by atoms with Crippen LogP contribution >= 0.6 is 11.3 Å². The number of nitrogens with zero attached hydrogens (tertiary/aromatic N) is 1.